The van der Waals surface area contributed by atoms with Crippen LogP contribution in [0.4, 0.5) is 13.2 Å². The maximum atomic E-state index is 12.9. The maximum Gasteiger partial charge on any atom is 0.435 e. The lowest BCUT2D eigenvalue weighted by Gasteiger charge is -2.09. The molecule has 0 atom stereocenters. The minimum absolute atomic E-state index is 0.0230. The minimum atomic E-state index is -4.59. The van der Waals surface area contributed by atoms with Crippen LogP contribution in [0.15, 0.2) is 12.3 Å². The number of alkyl halides is 3. The Morgan fingerprint density at radius 2 is 2.05 bits per heavy atom. The fourth-order valence-electron chi connectivity index (χ4n) is 1.73. The van der Waals surface area contributed by atoms with Crippen molar-refractivity contribution in [2.24, 2.45) is 12.8 Å². The van der Waals surface area contributed by atoms with Crippen LogP contribution in [0.1, 0.15) is 11.4 Å². The number of nitrogens with two attached hydrogens (primary N) is 1. The third-order valence-corrected chi connectivity index (χ3v) is 2.59. The molecule has 2 heterocycles. The van der Waals surface area contributed by atoms with Gasteiger partial charge in [0.2, 0.25) is 0 Å². The molecule has 0 unspecified atom stereocenters. The van der Waals surface area contributed by atoms with Crippen LogP contribution in [0, 0.1) is 0 Å². The topological polar surface area (TPSA) is 78.9 Å². The molecule has 6 nitrogen and oxygen atoms in total. The molecule has 0 aliphatic carbocycles. The molecule has 20 heavy (non-hydrogen) atoms. The Labute approximate surface area is 112 Å². The molecule has 0 aliphatic heterocycles. The molecule has 2 aromatic heterocycles. The summed E-state index contributed by atoms with van der Waals surface area (Å²) < 4.78 is 45.0. The fourth-order valence-corrected chi connectivity index (χ4v) is 1.73. The summed E-state index contributed by atoms with van der Waals surface area (Å²) in [7, 11) is 2.73. The molecule has 0 spiro atoms. The smallest absolute Gasteiger partial charge is 0.435 e. The van der Waals surface area contributed by atoms with Crippen molar-refractivity contribution in [1.82, 2.24) is 20.0 Å². The minimum Gasteiger partial charge on any atom is -0.494 e. The van der Waals surface area contributed by atoms with Gasteiger partial charge >= 0.3 is 6.18 Å². The van der Waals surface area contributed by atoms with Gasteiger partial charge in [-0.2, -0.15) is 23.4 Å². The second kappa shape index (κ2) is 5.08. The van der Waals surface area contributed by atoms with Gasteiger partial charge in [0.1, 0.15) is 11.4 Å². The van der Waals surface area contributed by atoms with Gasteiger partial charge in [-0.1, -0.05) is 0 Å². The Balaban J connectivity index is 2.62. The number of nitrogens with zero attached hydrogens (tertiary/aromatic N) is 4. The number of hydrogen-bond acceptors (Lipinski definition) is 5. The molecule has 0 fully saturated rings. The van der Waals surface area contributed by atoms with Crippen LogP contribution >= 0.6 is 0 Å². The van der Waals surface area contributed by atoms with Crippen LogP contribution in [0.3, 0.4) is 0 Å². The molecular weight excluding hydrogens is 275 g/mol. The first-order valence-electron chi connectivity index (χ1n) is 5.58. The van der Waals surface area contributed by atoms with Gasteiger partial charge in [-0.05, 0) is 0 Å². The summed E-state index contributed by atoms with van der Waals surface area (Å²) in [4.78, 5) is 0. The Morgan fingerprint density at radius 1 is 1.35 bits per heavy atom. The van der Waals surface area contributed by atoms with Gasteiger partial charge in [0.25, 0.3) is 0 Å². The van der Waals surface area contributed by atoms with Crippen LogP contribution in [0.25, 0.3) is 11.3 Å². The zero-order valence-corrected chi connectivity index (χ0v) is 10.8. The summed E-state index contributed by atoms with van der Waals surface area (Å²) in [5, 5.41) is 10.9. The van der Waals surface area contributed by atoms with Gasteiger partial charge in [-0.3, -0.25) is 4.68 Å². The molecule has 2 N–H and O–H groups in total. The predicted molar refractivity (Wildman–Crippen MR) is 63.7 cm³/mol. The van der Waals surface area contributed by atoms with E-state index in [1.54, 1.807) is 0 Å². The van der Waals surface area contributed by atoms with Gasteiger partial charge in [0.05, 0.1) is 18.4 Å². The van der Waals surface area contributed by atoms with E-state index in [1.165, 1.54) is 26.4 Å². The molecule has 0 saturated heterocycles. The van der Waals surface area contributed by atoms with Gasteiger partial charge in [-0.15, -0.1) is 5.10 Å². The number of rotatable bonds is 3. The zero-order chi connectivity index (χ0) is 14.9. The van der Waals surface area contributed by atoms with E-state index in [4.69, 9.17) is 10.5 Å². The van der Waals surface area contributed by atoms with Crippen molar-refractivity contribution in [1.29, 1.82) is 0 Å². The van der Waals surface area contributed by atoms with E-state index in [2.05, 4.69) is 15.3 Å². The molecule has 108 valence electrons. The summed E-state index contributed by atoms with van der Waals surface area (Å²) >= 11 is 0. The van der Waals surface area contributed by atoms with Gasteiger partial charge in [-0.25, -0.2) is 0 Å². The maximum absolute atomic E-state index is 12.9. The van der Waals surface area contributed by atoms with E-state index in [-0.39, 0.29) is 23.6 Å². The van der Waals surface area contributed by atoms with E-state index < -0.39 is 11.9 Å². The van der Waals surface area contributed by atoms with Gasteiger partial charge in [0, 0.05) is 25.9 Å². The first-order valence-corrected chi connectivity index (χ1v) is 5.58. The third kappa shape index (κ3) is 2.57. The van der Waals surface area contributed by atoms with Crippen molar-refractivity contribution in [3.63, 3.8) is 0 Å². The zero-order valence-electron chi connectivity index (χ0n) is 10.8. The van der Waals surface area contributed by atoms with E-state index in [0.29, 0.717) is 5.69 Å². The molecular formula is C11H12F3N5O. The summed E-state index contributed by atoms with van der Waals surface area (Å²) in [5.74, 6) is 0.166. The first kappa shape index (κ1) is 14.3. The molecule has 0 saturated carbocycles. The molecule has 0 aliphatic rings. The fraction of sp³-hybridized carbons (Fsp3) is 0.364. The Hall–Kier alpha value is -2.16. The molecule has 0 bridgehead atoms. The molecule has 9 heteroatoms. The van der Waals surface area contributed by atoms with Crippen molar-refractivity contribution in [3.05, 3.63) is 23.7 Å². The van der Waals surface area contributed by atoms with Crippen LogP contribution in [-0.2, 0) is 19.8 Å². The highest BCUT2D eigenvalue weighted by molar-refractivity contribution is 5.68. The van der Waals surface area contributed by atoms with E-state index in [0.717, 1.165) is 4.68 Å². The number of ether oxygens (including phenoxy) is 1. The average Bonchev–Trinajstić information content (AvgIpc) is 2.80. The highest BCUT2D eigenvalue weighted by Crippen LogP contribution is 2.38. The highest BCUT2D eigenvalue weighted by Gasteiger charge is 2.38. The summed E-state index contributed by atoms with van der Waals surface area (Å²) in [6.45, 7) is 0.114. The van der Waals surface area contributed by atoms with Crippen LogP contribution in [0.2, 0.25) is 0 Å². The molecule has 0 amide bonds. The Bertz CT molecular complexity index is 623. The molecule has 0 radical (unpaired) electrons. The standard InChI is InChI=1S/C11H12F3N5O/c1-19-5-7(10(18-19)11(12,13)14)9-8(20-2)3-6(4-15)16-17-9/h3,5H,4,15H2,1-2H3. The van der Waals surface area contributed by atoms with Crippen molar-refractivity contribution < 1.29 is 17.9 Å². The predicted octanol–water partition coefficient (Wildman–Crippen LogP) is 1.36. The molecule has 0 aromatic carbocycles. The number of hydrogen-bond donors (Lipinski definition) is 1. The lowest BCUT2D eigenvalue weighted by Crippen LogP contribution is -2.09. The Morgan fingerprint density at radius 3 is 2.60 bits per heavy atom. The number of halogens is 3. The largest absolute Gasteiger partial charge is 0.494 e. The normalized spacial score (nSPS) is 11.7. The van der Waals surface area contributed by atoms with Crippen LogP contribution < -0.4 is 10.5 Å². The first-order chi connectivity index (χ1) is 9.36. The second-order valence-electron chi connectivity index (χ2n) is 4.02. The lowest BCUT2D eigenvalue weighted by atomic mass is 10.1. The SMILES string of the molecule is COc1cc(CN)nnc1-c1cn(C)nc1C(F)(F)F. The van der Waals surface area contributed by atoms with E-state index in [9.17, 15) is 13.2 Å². The van der Waals surface area contributed by atoms with E-state index >= 15 is 0 Å². The van der Waals surface area contributed by atoms with Crippen molar-refractivity contribution in [2.45, 2.75) is 12.7 Å². The van der Waals surface area contributed by atoms with Gasteiger partial charge in [0.15, 0.2) is 5.69 Å². The quantitative estimate of drug-likeness (QED) is 0.922. The number of aryl methyl sites for hydroxylation is 1. The second-order valence-corrected chi connectivity index (χ2v) is 4.02. The van der Waals surface area contributed by atoms with Crippen molar-refractivity contribution in [3.8, 4) is 17.0 Å². The molecule has 2 aromatic rings. The van der Waals surface area contributed by atoms with Crippen LogP contribution in [-0.4, -0.2) is 27.1 Å². The number of aromatic nitrogens is 4. The monoisotopic (exact) mass is 287 g/mol. The van der Waals surface area contributed by atoms with Crippen LogP contribution in [0.5, 0.6) is 5.75 Å². The third-order valence-electron chi connectivity index (χ3n) is 2.59. The average molecular weight is 287 g/mol. The Kier molecular flexibility index (Phi) is 3.62. The van der Waals surface area contributed by atoms with Crippen molar-refractivity contribution in [2.75, 3.05) is 7.11 Å². The highest BCUT2D eigenvalue weighted by atomic mass is 19.4. The summed E-state index contributed by atoms with van der Waals surface area (Å²) in [6, 6.07) is 1.45. The summed E-state index contributed by atoms with van der Waals surface area (Å²) in [6.07, 6.45) is -3.37. The lowest BCUT2D eigenvalue weighted by molar-refractivity contribution is -0.141. The van der Waals surface area contributed by atoms with Crippen molar-refractivity contribution >= 4 is 0 Å². The number of methoxy groups -OCH3 is 1. The van der Waals surface area contributed by atoms with E-state index in [1.807, 2.05) is 0 Å². The van der Waals surface area contributed by atoms with Gasteiger partial charge < -0.3 is 10.5 Å². The molecule has 2 rings (SSSR count). The summed E-state index contributed by atoms with van der Waals surface area (Å²) in [5.41, 5.74) is 4.59.